The molecule has 1 atom stereocenters. The molecular weight excluding hydrogens is 336 g/mol. The van der Waals surface area contributed by atoms with E-state index in [1.54, 1.807) is 12.1 Å². The lowest BCUT2D eigenvalue weighted by molar-refractivity contribution is 0.0945. The normalized spacial score (nSPS) is 15.8. The number of hydrogen-bond acceptors (Lipinski definition) is 3. The van der Waals surface area contributed by atoms with Crippen LogP contribution in [0.1, 0.15) is 68.3 Å². The molecule has 0 unspecified atom stereocenters. The number of aryl methyl sites for hydroxylation is 1. The summed E-state index contributed by atoms with van der Waals surface area (Å²) in [6.07, 6.45) is 6.21. The van der Waals surface area contributed by atoms with Gasteiger partial charge < -0.3 is 5.32 Å². The van der Waals surface area contributed by atoms with Crippen molar-refractivity contribution in [3.8, 4) is 0 Å². The highest BCUT2D eigenvalue weighted by Crippen LogP contribution is 2.23. The predicted molar refractivity (Wildman–Crippen MR) is 100 cm³/mol. The maximum Gasteiger partial charge on any atom is 0.251 e. The highest BCUT2D eigenvalue weighted by molar-refractivity contribution is 7.89. The number of carbonyl (C=O) groups is 1. The average molecular weight is 367 g/mol. The molecule has 1 saturated carbocycles. The van der Waals surface area contributed by atoms with Gasteiger partial charge in [-0.15, -0.1) is 0 Å². The Hall–Kier alpha value is -1.40. The summed E-state index contributed by atoms with van der Waals surface area (Å²) in [6.45, 7) is 6.75. The van der Waals surface area contributed by atoms with Gasteiger partial charge in [0.15, 0.2) is 0 Å². The lowest BCUT2D eigenvalue weighted by atomic mass is 9.99. The van der Waals surface area contributed by atoms with Gasteiger partial charge in [0.2, 0.25) is 10.0 Å². The highest BCUT2D eigenvalue weighted by atomic mass is 32.2. The molecule has 0 aliphatic heterocycles. The summed E-state index contributed by atoms with van der Waals surface area (Å²) in [4.78, 5) is 12.7. The van der Waals surface area contributed by atoms with Gasteiger partial charge in [0.25, 0.3) is 5.91 Å². The number of amides is 1. The van der Waals surface area contributed by atoms with E-state index >= 15 is 0 Å². The van der Waals surface area contributed by atoms with Gasteiger partial charge in [0.05, 0.1) is 4.90 Å². The van der Waals surface area contributed by atoms with Crippen molar-refractivity contribution >= 4 is 15.9 Å². The third kappa shape index (κ3) is 5.82. The third-order valence-electron chi connectivity index (χ3n) is 4.76. The summed E-state index contributed by atoms with van der Waals surface area (Å²) >= 11 is 0. The first-order valence-corrected chi connectivity index (χ1v) is 10.8. The molecule has 6 heteroatoms. The summed E-state index contributed by atoms with van der Waals surface area (Å²) < 4.78 is 27.4. The Labute approximate surface area is 151 Å². The average Bonchev–Trinajstić information content (AvgIpc) is 3.38. The second kappa shape index (κ2) is 8.81. The molecule has 1 aliphatic carbocycles. The van der Waals surface area contributed by atoms with Crippen LogP contribution in [0.5, 0.6) is 0 Å². The molecule has 5 nitrogen and oxygen atoms in total. The zero-order chi connectivity index (χ0) is 18.4. The van der Waals surface area contributed by atoms with E-state index in [2.05, 4.69) is 23.9 Å². The molecule has 1 aromatic carbocycles. The fourth-order valence-corrected chi connectivity index (χ4v) is 4.11. The van der Waals surface area contributed by atoms with E-state index in [9.17, 15) is 13.2 Å². The summed E-state index contributed by atoms with van der Waals surface area (Å²) in [5.41, 5.74) is 1.22. The molecule has 1 aromatic rings. The summed E-state index contributed by atoms with van der Waals surface area (Å²) in [5, 5.41) is 2.98. The molecule has 1 aliphatic rings. The summed E-state index contributed by atoms with van der Waals surface area (Å²) in [7, 11) is -3.55. The zero-order valence-corrected chi connectivity index (χ0v) is 16.3. The quantitative estimate of drug-likeness (QED) is 0.666. The van der Waals surface area contributed by atoms with E-state index in [0.29, 0.717) is 18.0 Å². The van der Waals surface area contributed by atoms with Crippen molar-refractivity contribution < 1.29 is 13.2 Å². The zero-order valence-electron chi connectivity index (χ0n) is 15.5. The minimum absolute atomic E-state index is 0.0486. The van der Waals surface area contributed by atoms with E-state index in [4.69, 9.17) is 0 Å². The van der Waals surface area contributed by atoms with Crippen LogP contribution in [0, 0.1) is 12.8 Å². The third-order valence-corrected chi connectivity index (χ3v) is 6.28. The van der Waals surface area contributed by atoms with Crippen LogP contribution in [0.25, 0.3) is 0 Å². The van der Waals surface area contributed by atoms with Gasteiger partial charge in [-0.3, -0.25) is 4.79 Å². The number of hydrogen-bond donors (Lipinski definition) is 2. The number of rotatable bonds is 10. The van der Waals surface area contributed by atoms with Crippen molar-refractivity contribution in [2.24, 2.45) is 5.92 Å². The molecule has 0 saturated heterocycles. The molecule has 2 N–H and O–H groups in total. The SMILES string of the molecule is CCCC[C@H](CC)CNC(=O)c1cc(S(=O)(=O)NC2CC2)ccc1C. The highest BCUT2D eigenvalue weighted by Gasteiger charge is 2.28. The van der Waals surface area contributed by atoms with Gasteiger partial charge in [-0.05, 0) is 49.8 Å². The second-order valence-electron chi connectivity index (χ2n) is 7.00. The van der Waals surface area contributed by atoms with Crippen LogP contribution in [-0.4, -0.2) is 26.9 Å². The number of nitrogens with one attached hydrogen (secondary N) is 2. The molecule has 140 valence electrons. The number of carbonyl (C=O) groups excluding carboxylic acids is 1. The first-order chi connectivity index (χ1) is 11.9. The van der Waals surface area contributed by atoms with Crippen LogP contribution < -0.4 is 10.0 Å². The Morgan fingerprint density at radius 2 is 2.00 bits per heavy atom. The van der Waals surface area contributed by atoms with Crippen LogP contribution in [0.3, 0.4) is 0 Å². The topological polar surface area (TPSA) is 75.3 Å². The van der Waals surface area contributed by atoms with Gasteiger partial charge >= 0.3 is 0 Å². The van der Waals surface area contributed by atoms with E-state index in [1.165, 1.54) is 6.07 Å². The van der Waals surface area contributed by atoms with Crippen molar-refractivity contribution in [1.82, 2.24) is 10.0 Å². The van der Waals surface area contributed by atoms with Gasteiger partial charge in [-0.25, -0.2) is 13.1 Å². The summed E-state index contributed by atoms with van der Waals surface area (Å²) in [6, 6.07) is 4.80. The minimum Gasteiger partial charge on any atom is -0.352 e. The van der Waals surface area contributed by atoms with Crippen LogP contribution in [0.2, 0.25) is 0 Å². The first-order valence-electron chi connectivity index (χ1n) is 9.28. The van der Waals surface area contributed by atoms with Crippen LogP contribution in [0.4, 0.5) is 0 Å². The Morgan fingerprint density at radius 3 is 2.60 bits per heavy atom. The molecule has 0 radical (unpaired) electrons. The largest absolute Gasteiger partial charge is 0.352 e. The van der Waals surface area contributed by atoms with Crippen LogP contribution >= 0.6 is 0 Å². The van der Waals surface area contributed by atoms with Crippen molar-refractivity contribution in [2.45, 2.75) is 70.2 Å². The van der Waals surface area contributed by atoms with Crippen molar-refractivity contribution in [3.63, 3.8) is 0 Å². The minimum atomic E-state index is -3.55. The Morgan fingerprint density at radius 1 is 1.28 bits per heavy atom. The predicted octanol–water partition coefficient (Wildman–Crippen LogP) is 3.38. The smallest absolute Gasteiger partial charge is 0.251 e. The lowest BCUT2D eigenvalue weighted by Crippen LogP contribution is -2.30. The molecule has 0 heterocycles. The molecule has 0 aromatic heterocycles. The maximum atomic E-state index is 12.5. The van der Waals surface area contributed by atoms with Crippen molar-refractivity contribution in [1.29, 1.82) is 0 Å². The van der Waals surface area contributed by atoms with E-state index in [0.717, 1.165) is 44.1 Å². The fraction of sp³-hybridized carbons (Fsp3) is 0.632. The molecule has 1 fully saturated rings. The van der Waals surface area contributed by atoms with Crippen LogP contribution in [-0.2, 0) is 10.0 Å². The van der Waals surface area contributed by atoms with Gasteiger partial charge in [-0.1, -0.05) is 39.2 Å². The number of unbranched alkanes of at least 4 members (excludes halogenated alkanes) is 1. The molecule has 25 heavy (non-hydrogen) atoms. The fourth-order valence-electron chi connectivity index (χ4n) is 2.78. The summed E-state index contributed by atoms with van der Waals surface area (Å²) in [5.74, 6) is 0.267. The van der Waals surface area contributed by atoms with Crippen molar-refractivity contribution in [3.05, 3.63) is 29.3 Å². The second-order valence-corrected chi connectivity index (χ2v) is 8.71. The van der Waals surface area contributed by atoms with Crippen molar-refractivity contribution in [2.75, 3.05) is 6.54 Å². The monoisotopic (exact) mass is 366 g/mol. The van der Waals surface area contributed by atoms with E-state index in [-0.39, 0.29) is 16.8 Å². The van der Waals surface area contributed by atoms with Gasteiger partial charge in [0.1, 0.15) is 0 Å². The number of sulfonamides is 1. The molecule has 1 amide bonds. The Balaban J connectivity index is 2.06. The Kier molecular flexibility index (Phi) is 7.02. The molecule has 0 bridgehead atoms. The first kappa shape index (κ1) is 19.9. The molecule has 2 rings (SSSR count). The van der Waals surface area contributed by atoms with Crippen LogP contribution in [0.15, 0.2) is 23.1 Å². The van der Waals surface area contributed by atoms with Gasteiger partial charge in [-0.2, -0.15) is 0 Å². The maximum absolute atomic E-state index is 12.5. The van der Waals surface area contributed by atoms with Gasteiger partial charge in [0, 0.05) is 18.2 Å². The van der Waals surface area contributed by atoms with E-state index in [1.807, 2.05) is 6.92 Å². The lowest BCUT2D eigenvalue weighted by Gasteiger charge is -2.16. The standard InChI is InChI=1S/C19H30N2O3S/c1-4-6-7-15(5-2)13-20-19(22)18-12-17(11-8-14(18)3)25(23,24)21-16-9-10-16/h8,11-12,15-16,21H,4-7,9-10,13H2,1-3H3,(H,20,22)/t15-/m0/s1. The Bertz CT molecular complexity index is 697. The molecular formula is C19H30N2O3S. The molecule has 0 spiro atoms. The number of benzene rings is 1. The van der Waals surface area contributed by atoms with E-state index < -0.39 is 10.0 Å².